The van der Waals surface area contributed by atoms with Crippen molar-refractivity contribution in [3.8, 4) is 5.75 Å². The fourth-order valence-electron chi connectivity index (χ4n) is 3.69. The molecule has 4 aromatic rings. The van der Waals surface area contributed by atoms with Crippen LogP contribution in [-0.2, 0) is 6.61 Å². The lowest BCUT2D eigenvalue weighted by Gasteiger charge is -2.14. The molecule has 2 aromatic heterocycles. The molecule has 4 rings (SSSR count). The smallest absolute Gasteiger partial charge is 0.329 e. The molecule has 0 N–H and O–H groups in total. The largest absolute Gasteiger partial charge is 1.00 e. The quantitative estimate of drug-likeness (QED) is 0.423. The summed E-state index contributed by atoms with van der Waals surface area (Å²) in [5.74, 6) is 0.906. The Morgan fingerprint density at radius 1 is 0.929 bits per heavy atom. The molecule has 4 heteroatoms. The van der Waals surface area contributed by atoms with Gasteiger partial charge in [0, 0.05) is 6.92 Å². The predicted octanol–water partition coefficient (Wildman–Crippen LogP) is 2.12. The van der Waals surface area contributed by atoms with E-state index in [0.29, 0.717) is 6.61 Å². The Bertz CT molecular complexity index is 1030. The summed E-state index contributed by atoms with van der Waals surface area (Å²) in [6.07, 6.45) is 5.35. The summed E-state index contributed by atoms with van der Waals surface area (Å²) in [4.78, 5) is 0. The first-order chi connectivity index (χ1) is 13.3. The zero-order valence-electron chi connectivity index (χ0n) is 16.3. The number of pyridine rings is 1. The van der Waals surface area contributed by atoms with Crippen LogP contribution in [0.5, 0.6) is 5.75 Å². The van der Waals surface area contributed by atoms with Gasteiger partial charge in [-0.15, -0.1) is 0 Å². The first-order valence-corrected chi connectivity index (χ1v) is 9.51. The molecule has 28 heavy (non-hydrogen) atoms. The van der Waals surface area contributed by atoms with Gasteiger partial charge in [-0.3, -0.25) is 0 Å². The minimum atomic E-state index is 0. The molecule has 0 saturated carbocycles. The summed E-state index contributed by atoms with van der Waals surface area (Å²) in [6.45, 7) is 4.94. The van der Waals surface area contributed by atoms with Crippen LogP contribution in [0.3, 0.4) is 0 Å². The number of ether oxygens (including phenoxy) is 1. The van der Waals surface area contributed by atoms with Crippen molar-refractivity contribution >= 4 is 5.65 Å². The van der Waals surface area contributed by atoms with E-state index in [1.54, 1.807) is 0 Å². The van der Waals surface area contributed by atoms with E-state index < -0.39 is 0 Å². The van der Waals surface area contributed by atoms with Crippen molar-refractivity contribution in [1.82, 2.24) is 4.40 Å². The molecule has 1 unspecified atom stereocenters. The first-order valence-electron chi connectivity index (χ1n) is 9.51. The van der Waals surface area contributed by atoms with E-state index >= 15 is 0 Å². The molecule has 0 radical (unpaired) electrons. The van der Waals surface area contributed by atoms with Gasteiger partial charge < -0.3 is 21.7 Å². The molecular weight excluding hydrogens is 412 g/mol. The summed E-state index contributed by atoms with van der Waals surface area (Å²) in [5.41, 5.74) is 4.78. The number of halogens is 1. The normalized spacial score (nSPS) is 11.8. The van der Waals surface area contributed by atoms with Gasteiger partial charge in [0.25, 0.3) is 0 Å². The first kappa shape index (κ1) is 20.2. The predicted molar refractivity (Wildman–Crippen MR) is 108 cm³/mol. The zero-order chi connectivity index (χ0) is 18.6. The molecule has 0 aliphatic carbocycles. The van der Waals surface area contributed by atoms with Gasteiger partial charge in [0.05, 0.1) is 6.20 Å². The second-order valence-electron chi connectivity index (χ2n) is 6.85. The SMILES string of the molecule is CCC(c1ccccc1)[n+]1cc(C)n2cccc(OCc3ccccc3)c21.[Br-]. The van der Waals surface area contributed by atoms with Crippen LogP contribution in [-0.4, -0.2) is 4.40 Å². The fourth-order valence-corrected chi connectivity index (χ4v) is 3.69. The van der Waals surface area contributed by atoms with Gasteiger partial charge in [0.2, 0.25) is 5.75 Å². The Kier molecular flexibility index (Phi) is 6.53. The third kappa shape index (κ3) is 3.97. The Balaban J connectivity index is 0.00000225. The third-order valence-electron chi connectivity index (χ3n) is 5.03. The topological polar surface area (TPSA) is 17.5 Å². The Labute approximate surface area is 177 Å². The summed E-state index contributed by atoms with van der Waals surface area (Å²) in [5, 5.41) is 0. The van der Waals surface area contributed by atoms with Crippen LogP contribution >= 0.6 is 0 Å². The van der Waals surface area contributed by atoms with Crippen LogP contribution in [0.4, 0.5) is 0 Å². The number of nitrogens with zero attached hydrogens (tertiary/aromatic N) is 2. The highest BCUT2D eigenvalue weighted by atomic mass is 79.9. The lowest BCUT2D eigenvalue weighted by atomic mass is 10.0. The molecule has 2 heterocycles. The van der Waals surface area contributed by atoms with Crippen LogP contribution in [0.1, 0.15) is 36.2 Å². The van der Waals surface area contributed by atoms with Gasteiger partial charge in [0.15, 0.2) is 0 Å². The number of fused-ring (bicyclic) bond motifs is 1. The van der Waals surface area contributed by atoms with Crippen molar-refractivity contribution in [2.75, 3.05) is 0 Å². The molecule has 3 nitrogen and oxygen atoms in total. The molecule has 0 aliphatic heterocycles. The number of benzene rings is 2. The summed E-state index contributed by atoms with van der Waals surface area (Å²) in [7, 11) is 0. The molecular formula is C24H25BrN2O. The average Bonchev–Trinajstić information content (AvgIpc) is 3.06. The van der Waals surface area contributed by atoms with Crippen molar-refractivity contribution in [3.05, 3.63) is 102 Å². The minimum absolute atomic E-state index is 0. The van der Waals surface area contributed by atoms with E-state index in [4.69, 9.17) is 4.74 Å². The number of imidazole rings is 1. The fraction of sp³-hybridized carbons (Fsp3) is 0.208. The Morgan fingerprint density at radius 3 is 2.29 bits per heavy atom. The molecule has 0 amide bonds. The maximum absolute atomic E-state index is 6.25. The average molecular weight is 437 g/mol. The van der Waals surface area contributed by atoms with Crippen molar-refractivity contribution in [3.63, 3.8) is 0 Å². The van der Waals surface area contributed by atoms with Gasteiger partial charge in [-0.25, -0.2) is 4.57 Å². The number of hydrogen-bond acceptors (Lipinski definition) is 1. The van der Waals surface area contributed by atoms with E-state index in [0.717, 1.165) is 17.8 Å². The van der Waals surface area contributed by atoms with E-state index in [9.17, 15) is 0 Å². The van der Waals surface area contributed by atoms with Gasteiger partial charge in [0.1, 0.15) is 24.5 Å². The maximum atomic E-state index is 6.25. The number of aromatic nitrogens is 2. The molecule has 144 valence electrons. The summed E-state index contributed by atoms with van der Waals surface area (Å²) in [6, 6.07) is 25.4. The van der Waals surface area contributed by atoms with Gasteiger partial charge in [-0.2, -0.15) is 4.40 Å². The number of rotatable bonds is 6. The van der Waals surface area contributed by atoms with Crippen molar-refractivity contribution < 1.29 is 26.3 Å². The van der Waals surface area contributed by atoms with E-state index in [2.05, 4.69) is 83.7 Å². The lowest BCUT2D eigenvalue weighted by molar-refractivity contribution is -0.689. The molecule has 0 bridgehead atoms. The van der Waals surface area contributed by atoms with Crippen LogP contribution in [0, 0.1) is 6.92 Å². The minimum Gasteiger partial charge on any atom is -1.00 e. The highest BCUT2D eigenvalue weighted by Crippen LogP contribution is 2.24. The van der Waals surface area contributed by atoms with E-state index in [-0.39, 0.29) is 23.0 Å². The van der Waals surface area contributed by atoms with Crippen molar-refractivity contribution in [1.29, 1.82) is 0 Å². The summed E-state index contributed by atoms with van der Waals surface area (Å²) < 4.78 is 10.8. The van der Waals surface area contributed by atoms with Crippen LogP contribution in [0.2, 0.25) is 0 Å². The van der Waals surface area contributed by atoms with Crippen molar-refractivity contribution in [2.24, 2.45) is 0 Å². The van der Waals surface area contributed by atoms with E-state index in [1.807, 2.05) is 24.3 Å². The third-order valence-corrected chi connectivity index (χ3v) is 5.03. The second-order valence-corrected chi connectivity index (χ2v) is 6.85. The van der Waals surface area contributed by atoms with E-state index in [1.165, 1.54) is 16.8 Å². The Hall–Kier alpha value is -2.59. The number of hydrogen-bond donors (Lipinski definition) is 0. The molecule has 2 aromatic carbocycles. The second kappa shape index (κ2) is 9.07. The molecule has 0 aliphatic rings. The standard InChI is InChI=1S/C24H25N2O.BrH/c1-3-22(21-13-8-5-9-14-21)26-17-19(2)25-16-10-15-23(24(25)26)27-18-20-11-6-4-7-12-20;/h4-17,22H,3,18H2,1-2H3;1H/q+1;/p-1. The van der Waals surface area contributed by atoms with Crippen LogP contribution in [0.15, 0.2) is 85.2 Å². The molecule has 0 saturated heterocycles. The monoisotopic (exact) mass is 436 g/mol. The highest BCUT2D eigenvalue weighted by molar-refractivity contribution is 5.50. The van der Waals surface area contributed by atoms with Crippen LogP contribution < -0.4 is 26.3 Å². The molecule has 0 spiro atoms. The van der Waals surface area contributed by atoms with Gasteiger partial charge in [-0.1, -0.05) is 67.6 Å². The van der Waals surface area contributed by atoms with Crippen molar-refractivity contribution in [2.45, 2.75) is 32.9 Å². The lowest BCUT2D eigenvalue weighted by Crippen LogP contribution is -3.00. The maximum Gasteiger partial charge on any atom is 0.329 e. The molecule has 0 fully saturated rings. The zero-order valence-corrected chi connectivity index (χ0v) is 17.8. The summed E-state index contributed by atoms with van der Waals surface area (Å²) >= 11 is 0. The number of aryl methyl sites for hydroxylation is 1. The Morgan fingerprint density at radius 2 is 1.61 bits per heavy atom. The van der Waals surface area contributed by atoms with Crippen LogP contribution in [0.25, 0.3) is 5.65 Å². The molecule has 1 atom stereocenters. The van der Waals surface area contributed by atoms with Gasteiger partial charge >= 0.3 is 5.65 Å². The highest BCUT2D eigenvalue weighted by Gasteiger charge is 2.25. The van der Waals surface area contributed by atoms with Gasteiger partial charge in [-0.05, 0) is 29.7 Å².